The summed E-state index contributed by atoms with van der Waals surface area (Å²) in [7, 11) is -3.66. The number of hydrogen-bond donors (Lipinski definition) is 1. The van der Waals surface area contributed by atoms with Gasteiger partial charge in [-0.25, -0.2) is 8.42 Å². The molecule has 0 spiro atoms. The molecule has 0 bridgehead atoms. The zero-order valence-electron chi connectivity index (χ0n) is 15.2. The predicted octanol–water partition coefficient (Wildman–Crippen LogP) is 3.95. The summed E-state index contributed by atoms with van der Waals surface area (Å²) < 4.78 is 27.8. The van der Waals surface area contributed by atoms with Gasteiger partial charge in [0.05, 0.1) is 15.5 Å². The number of thiophene rings is 1. The van der Waals surface area contributed by atoms with Crippen molar-refractivity contribution in [3.8, 4) is 0 Å². The normalized spacial score (nSPS) is 18.1. The van der Waals surface area contributed by atoms with E-state index in [9.17, 15) is 13.2 Å². The van der Waals surface area contributed by atoms with Gasteiger partial charge in [0.2, 0.25) is 0 Å². The lowest BCUT2D eigenvalue weighted by Gasteiger charge is -2.30. The molecule has 1 aromatic heterocycles. The molecule has 1 aromatic carbocycles. The van der Waals surface area contributed by atoms with Gasteiger partial charge in [-0.1, -0.05) is 37.5 Å². The molecule has 0 atom stereocenters. The molecular weight excluding hydrogens is 380 g/mol. The maximum Gasteiger partial charge on any atom is 0.265 e. The third-order valence-corrected chi connectivity index (χ3v) is 8.26. The average Bonchev–Trinajstić information content (AvgIpc) is 3.19. The third-order valence-electron chi connectivity index (χ3n) is 5.40. The van der Waals surface area contributed by atoms with Crippen molar-refractivity contribution in [2.24, 2.45) is 0 Å². The highest BCUT2D eigenvalue weighted by molar-refractivity contribution is 7.93. The number of hydrogen-bond acceptors (Lipinski definition) is 4. The number of sulfonamides is 1. The van der Waals surface area contributed by atoms with Crippen LogP contribution in [-0.4, -0.2) is 26.9 Å². The van der Waals surface area contributed by atoms with E-state index < -0.39 is 10.0 Å². The van der Waals surface area contributed by atoms with E-state index in [1.807, 2.05) is 24.3 Å². The van der Waals surface area contributed by atoms with Gasteiger partial charge in [-0.2, -0.15) is 0 Å². The van der Waals surface area contributed by atoms with Crippen LogP contribution in [0.15, 0.2) is 40.6 Å². The van der Waals surface area contributed by atoms with Crippen LogP contribution in [0.3, 0.4) is 0 Å². The maximum atomic E-state index is 13.2. The fraction of sp³-hybridized carbons (Fsp3) is 0.450. The van der Waals surface area contributed by atoms with E-state index in [-0.39, 0.29) is 16.8 Å². The van der Waals surface area contributed by atoms with Crippen molar-refractivity contribution in [3.05, 3.63) is 46.2 Å². The maximum absolute atomic E-state index is 13.2. The molecular formula is C20H24N2O3S2. The van der Waals surface area contributed by atoms with Crippen molar-refractivity contribution in [1.82, 2.24) is 5.32 Å². The minimum absolute atomic E-state index is 0.160. The molecule has 1 amide bonds. The lowest BCUT2D eigenvalue weighted by atomic mass is 9.95. The number of anilines is 1. The van der Waals surface area contributed by atoms with E-state index in [2.05, 4.69) is 5.32 Å². The third kappa shape index (κ3) is 3.75. The van der Waals surface area contributed by atoms with E-state index in [1.165, 1.54) is 28.1 Å². The Bertz CT molecular complexity index is 930. The Labute approximate surface area is 164 Å². The van der Waals surface area contributed by atoms with Crippen molar-refractivity contribution in [2.45, 2.75) is 55.9 Å². The molecule has 1 saturated carbocycles. The summed E-state index contributed by atoms with van der Waals surface area (Å²) in [5.41, 5.74) is 1.81. The van der Waals surface area contributed by atoms with Crippen molar-refractivity contribution in [2.75, 3.05) is 10.8 Å². The molecule has 0 radical (unpaired) electrons. The van der Waals surface area contributed by atoms with Gasteiger partial charge in [0.1, 0.15) is 0 Å². The number of rotatable bonds is 4. The summed E-state index contributed by atoms with van der Waals surface area (Å²) in [4.78, 5) is 13.2. The van der Waals surface area contributed by atoms with Crippen LogP contribution in [-0.2, 0) is 16.4 Å². The van der Waals surface area contributed by atoms with E-state index >= 15 is 0 Å². The number of para-hydroxylation sites is 1. The lowest BCUT2D eigenvalue weighted by Crippen LogP contribution is -2.36. The first kappa shape index (κ1) is 18.5. The number of amides is 1. The number of aryl methyl sites for hydroxylation is 1. The molecule has 1 fully saturated rings. The highest BCUT2D eigenvalue weighted by Crippen LogP contribution is 2.33. The van der Waals surface area contributed by atoms with Crippen molar-refractivity contribution in [1.29, 1.82) is 0 Å². The minimum atomic E-state index is -3.66. The van der Waals surface area contributed by atoms with Crippen LogP contribution in [0.1, 0.15) is 53.8 Å². The first-order valence-corrected chi connectivity index (χ1v) is 11.9. The summed E-state index contributed by atoms with van der Waals surface area (Å²) in [6.45, 7) is 0.471. The van der Waals surface area contributed by atoms with E-state index in [1.54, 1.807) is 5.38 Å². The van der Waals surface area contributed by atoms with E-state index in [4.69, 9.17) is 0 Å². The second-order valence-corrected chi connectivity index (χ2v) is 10.0. The standard InChI is InChI=1S/C20H24N2O3S2/c23-20(21-16-9-2-1-3-10-16)19-13-17(14-26-19)27(24,25)22-12-6-8-15-7-4-5-11-18(15)22/h4-5,7,11,13-14,16H,1-3,6,8-10,12H2,(H,21,23). The summed E-state index contributed by atoms with van der Waals surface area (Å²) >= 11 is 1.20. The summed E-state index contributed by atoms with van der Waals surface area (Å²) in [6.07, 6.45) is 7.22. The monoisotopic (exact) mass is 404 g/mol. The van der Waals surface area contributed by atoms with Gasteiger partial charge < -0.3 is 5.32 Å². The molecule has 5 nitrogen and oxygen atoms in total. The number of carbonyl (C=O) groups is 1. The van der Waals surface area contributed by atoms with Crippen LogP contribution in [0.4, 0.5) is 5.69 Å². The molecule has 1 N–H and O–H groups in total. The molecule has 1 aliphatic heterocycles. The molecule has 0 saturated heterocycles. The molecule has 144 valence electrons. The zero-order chi connectivity index (χ0) is 18.9. The van der Waals surface area contributed by atoms with Crippen molar-refractivity contribution >= 4 is 33.0 Å². The molecule has 1 aliphatic carbocycles. The molecule has 27 heavy (non-hydrogen) atoms. The largest absolute Gasteiger partial charge is 0.349 e. The van der Waals surface area contributed by atoms with Crippen LogP contribution >= 0.6 is 11.3 Å². The van der Waals surface area contributed by atoms with E-state index in [0.29, 0.717) is 11.4 Å². The number of fused-ring (bicyclic) bond motifs is 1. The number of nitrogens with one attached hydrogen (secondary N) is 1. The van der Waals surface area contributed by atoms with Gasteiger partial charge in [-0.15, -0.1) is 11.3 Å². The quantitative estimate of drug-likeness (QED) is 0.839. The Morgan fingerprint density at radius 3 is 2.70 bits per heavy atom. The van der Waals surface area contributed by atoms with Gasteiger partial charge in [0, 0.05) is 18.0 Å². The average molecular weight is 405 g/mol. The predicted molar refractivity (Wildman–Crippen MR) is 108 cm³/mol. The number of nitrogens with zero attached hydrogens (tertiary/aromatic N) is 1. The summed E-state index contributed by atoms with van der Waals surface area (Å²) in [5, 5.41) is 4.64. The number of carbonyl (C=O) groups excluding carboxylic acids is 1. The van der Waals surface area contributed by atoms with Gasteiger partial charge in [0.15, 0.2) is 0 Å². The topological polar surface area (TPSA) is 66.5 Å². The molecule has 2 aromatic rings. The van der Waals surface area contributed by atoms with Crippen molar-refractivity contribution in [3.63, 3.8) is 0 Å². The lowest BCUT2D eigenvalue weighted by molar-refractivity contribution is 0.0931. The SMILES string of the molecule is O=C(NC1CCCCC1)c1cc(S(=O)(=O)N2CCCc3ccccc32)cs1. The highest BCUT2D eigenvalue weighted by atomic mass is 32.2. The first-order valence-electron chi connectivity index (χ1n) is 9.56. The highest BCUT2D eigenvalue weighted by Gasteiger charge is 2.30. The summed E-state index contributed by atoms with van der Waals surface area (Å²) in [5.74, 6) is -0.160. The van der Waals surface area contributed by atoms with Crippen molar-refractivity contribution < 1.29 is 13.2 Å². The van der Waals surface area contributed by atoms with Gasteiger partial charge in [-0.3, -0.25) is 9.10 Å². The number of benzene rings is 1. The van der Waals surface area contributed by atoms with Gasteiger partial charge in [0.25, 0.3) is 15.9 Å². The summed E-state index contributed by atoms with van der Waals surface area (Å²) in [6, 6.07) is 9.37. The molecule has 0 unspecified atom stereocenters. The van der Waals surface area contributed by atoms with Gasteiger partial charge in [-0.05, 0) is 43.4 Å². The molecule has 2 aliphatic rings. The fourth-order valence-electron chi connectivity index (χ4n) is 3.95. The van der Waals surface area contributed by atoms with Gasteiger partial charge >= 0.3 is 0 Å². The Morgan fingerprint density at radius 1 is 1.11 bits per heavy atom. The molecule has 7 heteroatoms. The Hall–Kier alpha value is -1.86. The van der Waals surface area contributed by atoms with Crippen LogP contribution < -0.4 is 9.62 Å². The van der Waals surface area contributed by atoms with Crippen LogP contribution in [0.5, 0.6) is 0 Å². The Morgan fingerprint density at radius 2 is 1.89 bits per heavy atom. The molecule has 2 heterocycles. The molecule has 4 rings (SSSR count). The van der Waals surface area contributed by atoms with Crippen LogP contribution in [0.25, 0.3) is 0 Å². The van der Waals surface area contributed by atoms with Crippen LogP contribution in [0.2, 0.25) is 0 Å². The Kier molecular flexibility index (Phi) is 5.23. The second-order valence-electron chi connectivity index (χ2n) is 7.26. The fourth-order valence-corrected chi connectivity index (χ4v) is 6.66. The zero-order valence-corrected chi connectivity index (χ0v) is 16.8. The first-order chi connectivity index (χ1) is 13.1. The minimum Gasteiger partial charge on any atom is -0.349 e. The second kappa shape index (κ2) is 7.64. The Balaban J connectivity index is 1.55. The van der Waals surface area contributed by atoms with Crippen LogP contribution in [0, 0.1) is 0 Å². The smallest absolute Gasteiger partial charge is 0.265 e. The van der Waals surface area contributed by atoms with E-state index in [0.717, 1.165) is 49.8 Å².